The molecule has 0 N–H and O–H groups in total. The van der Waals surface area contributed by atoms with Gasteiger partial charge in [0.25, 0.3) is 0 Å². The fourth-order valence-corrected chi connectivity index (χ4v) is 3.15. The van der Waals surface area contributed by atoms with Crippen LogP contribution < -0.4 is 9.47 Å². The fraction of sp³-hybridized carbons (Fsp3) is 0.650. The summed E-state index contributed by atoms with van der Waals surface area (Å²) in [5.41, 5.74) is 1.60. The summed E-state index contributed by atoms with van der Waals surface area (Å²) in [6.07, 6.45) is 0.115. The number of carbonyl (C=O) groups is 1. The summed E-state index contributed by atoms with van der Waals surface area (Å²) in [6.45, 7) is 13.6. The largest absolute Gasteiger partial charge is 0.496 e. The number of carbonyl (C=O) groups excluding carboxylic acids is 1. The molecule has 27 heavy (non-hydrogen) atoms. The Morgan fingerprint density at radius 1 is 1.07 bits per heavy atom. The number of benzene rings is 1. The third-order valence-electron chi connectivity index (χ3n) is 4.83. The van der Waals surface area contributed by atoms with Crippen molar-refractivity contribution in [2.45, 2.75) is 58.9 Å². The third kappa shape index (κ3) is 6.83. The second-order valence-corrected chi connectivity index (χ2v) is 12.7. The molecule has 154 valence electrons. The van der Waals surface area contributed by atoms with Gasteiger partial charge in [0.05, 0.1) is 26.7 Å². The molecule has 0 heterocycles. The SMILES string of the molecule is CCOC(=O)Cc1cc(CO[Si](C)(C)C(C)(C)C)c(OC)cc1OCOC. The van der Waals surface area contributed by atoms with Crippen LogP contribution in [-0.2, 0) is 31.7 Å². The Morgan fingerprint density at radius 2 is 1.74 bits per heavy atom. The van der Waals surface area contributed by atoms with Crippen molar-refractivity contribution in [3.05, 3.63) is 23.3 Å². The van der Waals surface area contributed by atoms with Crippen molar-refractivity contribution in [3.63, 3.8) is 0 Å². The summed E-state index contributed by atoms with van der Waals surface area (Å²) >= 11 is 0. The minimum atomic E-state index is -1.92. The zero-order valence-electron chi connectivity index (χ0n) is 17.9. The first-order valence-electron chi connectivity index (χ1n) is 9.16. The topological polar surface area (TPSA) is 63.2 Å². The van der Waals surface area contributed by atoms with E-state index in [2.05, 4.69) is 33.9 Å². The molecule has 0 saturated heterocycles. The molecule has 0 aliphatic heterocycles. The molecular formula is C20H34O6Si. The summed E-state index contributed by atoms with van der Waals surface area (Å²) in [5, 5.41) is 0.107. The predicted octanol–water partition coefficient (Wildman–Crippen LogP) is 4.31. The van der Waals surface area contributed by atoms with E-state index in [4.69, 9.17) is 23.4 Å². The lowest BCUT2D eigenvalue weighted by Crippen LogP contribution is -2.40. The summed E-state index contributed by atoms with van der Waals surface area (Å²) in [6, 6.07) is 3.67. The molecule has 0 unspecified atom stereocenters. The Morgan fingerprint density at radius 3 is 2.26 bits per heavy atom. The van der Waals surface area contributed by atoms with Gasteiger partial charge < -0.3 is 23.4 Å². The Kier molecular flexibility index (Phi) is 8.78. The minimum Gasteiger partial charge on any atom is -0.496 e. The highest BCUT2D eigenvalue weighted by Crippen LogP contribution is 2.38. The van der Waals surface area contributed by atoms with Crippen LogP contribution in [0.25, 0.3) is 0 Å². The molecule has 0 radical (unpaired) electrons. The van der Waals surface area contributed by atoms with Crippen LogP contribution in [-0.4, -0.2) is 41.9 Å². The van der Waals surface area contributed by atoms with Crippen LogP contribution >= 0.6 is 0 Å². The lowest BCUT2D eigenvalue weighted by Gasteiger charge is -2.36. The van der Waals surface area contributed by atoms with E-state index in [0.717, 1.165) is 11.1 Å². The number of esters is 1. The lowest BCUT2D eigenvalue weighted by molar-refractivity contribution is -0.142. The molecule has 7 heteroatoms. The number of rotatable bonds is 10. The van der Waals surface area contributed by atoms with Crippen molar-refractivity contribution in [3.8, 4) is 11.5 Å². The molecule has 0 atom stereocenters. The maximum Gasteiger partial charge on any atom is 0.310 e. The fourth-order valence-electron chi connectivity index (χ4n) is 2.20. The highest BCUT2D eigenvalue weighted by molar-refractivity contribution is 6.74. The van der Waals surface area contributed by atoms with Crippen molar-refractivity contribution >= 4 is 14.3 Å². The molecule has 0 spiro atoms. The smallest absolute Gasteiger partial charge is 0.310 e. The maximum absolute atomic E-state index is 12.0. The monoisotopic (exact) mass is 398 g/mol. The first-order chi connectivity index (χ1) is 12.6. The van der Waals surface area contributed by atoms with Crippen LogP contribution in [0, 0.1) is 0 Å². The van der Waals surface area contributed by atoms with Gasteiger partial charge in [-0.2, -0.15) is 0 Å². The van der Waals surface area contributed by atoms with Gasteiger partial charge in [-0.15, -0.1) is 0 Å². The Balaban J connectivity index is 3.16. The Labute approximate surface area is 164 Å². The Hall–Kier alpha value is -1.57. The summed E-state index contributed by atoms with van der Waals surface area (Å²) < 4.78 is 27.5. The van der Waals surface area contributed by atoms with Crippen molar-refractivity contribution in [1.29, 1.82) is 0 Å². The van der Waals surface area contributed by atoms with Crippen molar-refractivity contribution < 1.29 is 28.2 Å². The van der Waals surface area contributed by atoms with Gasteiger partial charge in [0.1, 0.15) is 11.5 Å². The number of hydrogen-bond acceptors (Lipinski definition) is 6. The van der Waals surface area contributed by atoms with Crippen LogP contribution in [0.1, 0.15) is 38.8 Å². The third-order valence-corrected chi connectivity index (χ3v) is 9.31. The summed E-state index contributed by atoms with van der Waals surface area (Å²) in [5.74, 6) is 0.895. The van der Waals surface area contributed by atoms with E-state index in [9.17, 15) is 4.79 Å². The molecule has 6 nitrogen and oxygen atoms in total. The highest BCUT2D eigenvalue weighted by atomic mass is 28.4. The molecule has 0 amide bonds. The first-order valence-corrected chi connectivity index (χ1v) is 12.1. The van der Waals surface area contributed by atoms with Gasteiger partial charge in [-0.3, -0.25) is 4.79 Å². The molecule has 0 fully saturated rings. The molecule has 0 saturated carbocycles. The zero-order valence-corrected chi connectivity index (χ0v) is 18.9. The summed E-state index contributed by atoms with van der Waals surface area (Å²) in [7, 11) is 1.23. The summed E-state index contributed by atoms with van der Waals surface area (Å²) in [4.78, 5) is 12.0. The highest BCUT2D eigenvalue weighted by Gasteiger charge is 2.37. The van der Waals surface area contributed by atoms with E-state index in [-0.39, 0.29) is 24.2 Å². The van der Waals surface area contributed by atoms with E-state index < -0.39 is 8.32 Å². The van der Waals surface area contributed by atoms with E-state index in [1.165, 1.54) is 0 Å². The van der Waals surface area contributed by atoms with Gasteiger partial charge in [0, 0.05) is 24.3 Å². The van der Waals surface area contributed by atoms with Crippen LogP contribution in [0.2, 0.25) is 18.1 Å². The minimum absolute atomic E-state index is 0.0821. The van der Waals surface area contributed by atoms with Gasteiger partial charge in [-0.1, -0.05) is 20.8 Å². The van der Waals surface area contributed by atoms with E-state index >= 15 is 0 Å². The van der Waals surface area contributed by atoms with Gasteiger partial charge in [-0.25, -0.2) is 0 Å². The molecule has 1 aromatic carbocycles. The molecule has 0 bridgehead atoms. The van der Waals surface area contributed by atoms with Gasteiger partial charge in [0.15, 0.2) is 15.1 Å². The molecular weight excluding hydrogens is 364 g/mol. The van der Waals surface area contributed by atoms with Crippen LogP contribution in [0.4, 0.5) is 0 Å². The van der Waals surface area contributed by atoms with Gasteiger partial charge in [-0.05, 0) is 31.1 Å². The second-order valence-electron chi connectivity index (χ2n) is 7.85. The number of ether oxygens (including phenoxy) is 4. The Bertz CT molecular complexity index is 622. The molecule has 0 aromatic heterocycles. The van der Waals surface area contributed by atoms with E-state index in [1.807, 2.05) is 6.07 Å². The van der Waals surface area contributed by atoms with Crippen LogP contribution in [0.15, 0.2) is 12.1 Å². The van der Waals surface area contributed by atoms with Gasteiger partial charge >= 0.3 is 5.97 Å². The van der Waals surface area contributed by atoms with E-state index in [0.29, 0.717) is 24.7 Å². The molecule has 1 aromatic rings. The van der Waals surface area contributed by atoms with Crippen molar-refractivity contribution in [2.24, 2.45) is 0 Å². The van der Waals surface area contributed by atoms with Crippen LogP contribution in [0.5, 0.6) is 11.5 Å². The molecule has 1 rings (SSSR count). The standard InChI is InChI=1S/C20H34O6Si/c1-9-24-19(21)11-15-10-16(13-26-27(7,8)20(2,3)4)17(23-6)12-18(15)25-14-22-5/h10,12H,9,11,13-14H2,1-8H3. The normalized spacial score (nSPS) is 12.0. The average Bonchev–Trinajstić information content (AvgIpc) is 2.58. The average molecular weight is 399 g/mol. The zero-order chi connectivity index (χ0) is 20.7. The quantitative estimate of drug-likeness (QED) is 0.332. The van der Waals surface area contributed by atoms with E-state index in [1.54, 1.807) is 27.2 Å². The number of hydrogen-bond donors (Lipinski definition) is 0. The first kappa shape index (κ1) is 23.5. The predicted molar refractivity (Wildman–Crippen MR) is 108 cm³/mol. The molecule has 0 aliphatic carbocycles. The number of methoxy groups -OCH3 is 2. The van der Waals surface area contributed by atoms with Crippen molar-refractivity contribution in [1.82, 2.24) is 0 Å². The van der Waals surface area contributed by atoms with Gasteiger partial charge in [0.2, 0.25) is 0 Å². The van der Waals surface area contributed by atoms with Crippen LogP contribution in [0.3, 0.4) is 0 Å². The molecule has 0 aliphatic rings. The maximum atomic E-state index is 12.0. The second kappa shape index (κ2) is 10.1. The van der Waals surface area contributed by atoms with Crippen molar-refractivity contribution in [2.75, 3.05) is 27.6 Å². The lowest BCUT2D eigenvalue weighted by atomic mass is 10.1.